The van der Waals surface area contributed by atoms with Crippen molar-refractivity contribution in [3.05, 3.63) is 12.1 Å². The average molecular weight is 316 g/mol. The molecule has 0 aromatic heterocycles. The molecule has 10 nitrogen and oxygen atoms in total. The van der Waals surface area contributed by atoms with Gasteiger partial charge in [0.05, 0.1) is 24.2 Å². The predicted molar refractivity (Wildman–Crippen MR) is 73.1 cm³/mol. The van der Waals surface area contributed by atoms with Gasteiger partial charge in [-0.3, -0.25) is 9.52 Å². The number of carbonyl (C=O) groups is 2. The summed E-state index contributed by atoms with van der Waals surface area (Å²) in [5.41, 5.74) is 5.97. The summed E-state index contributed by atoms with van der Waals surface area (Å²) in [6.45, 7) is -0.151. The van der Waals surface area contributed by atoms with Crippen LogP contribution in [0.15, 0.2) is 12.1 Å². The molecule has 0 bridgehead atoms. The minimum absolute atomic E-state index is 0.0315. The molecule has 11 heteroatoms. The number of nitrogens with one attached hydrogen (secondary N) is 3. The molecular weight excluding hydrogens is 304 g/mol. The first kappa shape index (κ1) is 14.7. The number of ether oxygens (including phenoxy) is 2. The molecule has 0 fully saturated rings. The van der Waals surface area contributed by atoms with E-state index in [0.717, 1.165) is 7.11 Å². The normalized spacial score (nSPS) is 13.5. The zero-order valence-corrected chi connectivity index (χ0v) is 11.6. The molecule has 1 aromatic carbocycles. The highest BCUT2D eigenvalue weighted by Crippen LogP contribution is 2.35. The number of amides is 2. The first-order chi connectivity index (χ1) is 9.80. The number of hydrogen-bond donors (Lipinski definition) is 4. The number of anilines is 3. The predicted octanol–water partition coefficient (Wildman–Crippen LogP) is -0.388. The SMILES string of the molecule is COC(=O)NS(=O)(=O)Nc1cc2c(cc1N)OCC(=O)N2. The van der Waals surface area contributed by atoms with Gasteiger partial charge in [-0.2, -0.15) is 8.42 Å². The van der Waals surface area contributed by atoms with Gasteiger partial charge in [0.15, 0.2) is 6.61 Å². The fourth-order valence-corrected chi connectivity index (χ4v) is 2.37. The smallest absolute Gasteiger partial charge is 0.422 e. The summed E-state index contributed by atoms with van der Waals surface area (Å²) >= 11 is 0. The van der Waals surface area contributed by atoms with Crippen molar-refractivity contribution in [2.24, 2.45) is 0 Å². The Morgan fingerprint density at radius 3 is 2.86 bits per heavy atom. The highest BCUT2D eigenvalue weighted by molar-refractivity contribution is 7.91. The van der Waals surface area contributed by atoms with Crippen LogP contribution in [-0.2, 0) is 19.7 Å². The molecule has 0 radical (unpaired) electrons. The zero-order chi connectivity index (χ0) is 15.6. The number of fused-ring (bicyclic) bond motifs is 1. The van der Waals surface area contributed by atoms with Gasteiger partial charge in [0.1, 0.15) is 5.75 Å². The Bertz CT molecular complexity index is 702. The molecule has 0 atom stereocenters. The molecule has 0 spiro atoms. The molecule has 1 heterocycles. The molecule has 0 saturated heterocycles. The third kappa shape index (κ3) is 3.45. The molecular formula is C10H12N4O6S. The Balaban J connectivity index is 2.26. The lowest BCUT2D eigenvalue weighted by Crippen LogP contribution is -2.35. The van der Waals surface area contributed by atoms with Gasteiger partial charge >= 0.3 is 16.3 Å². The standard InChI is InChI=1S/C10H12N4O6S/c1-19-10(16)14-21(17,18)13-6-3-7-8(2-5(6)11)20-4-9(15)12-7/h2-3,13H,4,11H2,1H3,(H,12,15)(H,14,16). The van der Waals surface area contributed by atoms with E-state index in [1.807, 2.05) is 4.72 Å². The molecule has 2 amide bonds. The number of nitrogen functional groups attached to an aromatic ring is 1. The van der Waals surface area contributed by atoms with E-state index in [0.29, 0.717) is 5.75 Å². The fourth-order valence-electron chi connectivity index (χ4n) is 1.55. The quantitative estimate of drug-likeness (QED) is 0.555. The largest absolute Gasteiger partial charge is 0.482 e. The van der Waals surface area contributed by atoms with Crippen molar-refractivity contribution in [1.29, 1.82) is 0 Å². The second kappa shape index (κ2) is 5.36. The number of hydrogen-bond acceptors (Lipinski definition) is 7. The van der Waals surface area contributed by atoms with E-state index >= 15 is 0 Å². The minimum Gasteiger partial charge on any atom is -0.482 e. The van der Waals surface area contributed by atoms with Crippen LogP contribution in [0, 0.1) is 0 Å². The molecule has 0 aliphatic carbocycles. The van der Waals surface area contributed by atoms with Gasteiger partial charge in [-0.05, 0) is 6.07 Å². The number of rotatable bonds is 3. The maximum absolute atomic E-state index is 11.7. The lowest BCUT2D eigenvalue weighted by molar-refractivity contribution is -0.118. The van der Waals surface area contributed by atoms with E-state index in [9.17, 15) is 18.0 Å². The van der Waals surface area contributed by atoms with Gasteiger partial charge in [-0.1, -0.05) is 0 Å². The van der Waals surface area contributed by atoms with Crippen molar-refractivity contribution in [2.45, 2.75) is 0 Å². The zero-order valence-electron chi connectivity index (χ0n) is 10.8. The molecule has 0 saturated carbocycles. The van der Waals surface area contributed by atoms with E-state index in [4.69, 9.17) is 10.5 Å². The van der Waals surface area contributed by atoms with Crippen LogP contribution in [0.2, 0.25) is 0 Å². The highest BCUT2D eigenvalue weighted by atomic mass is 32.2. The van der Waals surface area contributed by atoms with Crippen molar-refractivity contribution in [2.75, 3.05) is 29.5 Å². The Labute approximate surface area is 119 Å². The van der Waals surface area contributed by atoms with Gasteiger partial charge < -0.3 is 20.5 Å². The van der Waals surface area contributed by atoms with Crippen molar-refractivity contribution in [1.82, 2.24) is 4.72 Å². The number of carbonyl (C=O) groups excluding carboxylic acids is 2. The van der Waals surface area contributed by atoms with Crippen molar-refractivity contribution in [3.8, 4) is 5.75 Å². The van der Waals surface area contributed by atoms with Crippen LogP contribution in [-0.4, -0.2) is 34.1 Å². The summed E-state index contributed by atoms with van der Waals surface area (Å²) in [7, 11) is -3.20. The monoisotopic (exact) mass is 316 g/mol. The molecule has 1 aliphatic rings. The van der Waals surface area contributed by atoms with Crippen molar-refractivity contribution < 1.29 is 27.5 Å². The summed E-state index contributed by atoms with van der Waals surface area (Å²) in [6, 6.07) is 2.63. The third-order valence-electron chi connectivity index (χ3n) is 2.43. The fraction of sp³-hybridized carbons (Fsp3) is 0.200. The van der Waals surface area contributed by atoms with Crippen molar-refractivity contribution >= 4 is 39.3 Å². The molecule has 0 unspecified atom stereocenters. The number of benzene rings is 1. The Kier molecular flexibility index (Phi) is 3.76. The molecule has 1 aromatic rings. The van der Waals surface area contributed by atoms with Gasteiger partial charge in [-0.15, -0.1) is 0 Å². The van der Waals surface area contributed by atoms with E-state index in [-0.39, 0.29) is 29.6 Å². The minimum atomic E-state index is -4.22. The van der Waals surface area contributed by atoms with E-state index in [1.165, 1.54) is 12.1 Å². The maximum Gasteiger partial charge on any atom is 0.422 e. The first-order valence-corrected chi connectivity index (χ1v) is 7.04. The molecule has 114 valence electrons. The van der Waals surface area contributed by atoms with Crippen LogP contribution in [0.5, 0.6) is 5.75 Å². The lowest BCUT2D eigenvalue weighted by Gasteiger charge is -2.20. The summed E-state index contributed by atoms with van der Waals surface area (Å²) in [5, 5.41) is 2.50. The Morgan fingerprint density at radius 2 is 2.19 bits per heavy atom. The first-order valence-electron chi connectivity index (χ1n) is 5.55. The van der Waals surface area contributed by atoms with Crippen LogP contribution in [0.25, 0.3) is 0 Å². The van der Waals surface area contributed by atoms with Crippen LogP contribution in [0.3, 0.4) is 0 Å². The molecule has 5 N–H and O–H groups in total. The third-order valence-corrected chi connectivity index (χ3v) is 3.36. The summed E-state index contributed by atoms with van der Waals surface area (Å²) in [5.74, 6) is -0.0651. The average Bonchev–Trinajstić information content (AvgIpc) is 2.39. The number of nitrogens with two attached hydrogens (primary N) is 1. The van der Waals surface area contributed by atoms with Gasteiger partial charge in [0, 0.05) is 6.07 Å². The Hall–Kier alpha value is -2.69. The van der Waals surface area contributed by atoms with Gasteiger partial charge in [0.2, 0.25) is 0 Å². The summed E-state index contributed by atoms with van der Waals surface area (Å²) in [6.07, 6.45) is -1.16. The van der Waals surface area contributed by atoms with Crippen LogP contribution >= 0.6 is 0 Å². The van der Waals surface area contributed by atoms with Gasteiger partial charge in [0.25, 0.3) is 5.91 Å². The second-order valence-electron chi connectivity index (χ2n) is 3.97. The molecule has 21 heavy (non-hydrogen) atoms. The summed E-state index contributed by atoms with van der Waals surface area (Å²) < 4.78 is 36.3. The Morgan fingerprint density at radius 1 is 1.48 bits per heavy atom. The second-order valence-corrected chi connectivity index (χ2v) is 5.39. The maximum atomic E-state index is 11.7. The topological polar surface area (TPSA) is 149 Å². The van der Waals surface area contributed by atoms with Crippen LogP contribution < -0.4 is 25.2 Å². The number of methoxy groups -OCH3 is 1. The molecule has 2 rings (SSSR count). The van der Waals surface area contributed by atoms with E-state index in [2.05, 4.69) is 10.1 Å². The van der Waals surface area contributed by atoms with Crippen LogP contribution in [0.1, 0.15) is 0 Å². The van der Waals surface area contributed by atoms with Crippen LogP contribution in [0.4, 0.5) is 21.9 Å². The summed E-state index contributed by atoms with van der Waals surface area (Å²) in [4.78, 5) is 22.1. The van der Waals surface area contributed by atoms with Gasteiger partial charge in [-0.25, -0.2) is 9.52 Å². The highest BCUT2D eigenvalue weighted by Gasteiger charge is 2.21. The molecule has 1 aliphatic heterocycles. The van der Waals surface area contributed by atoms with E-state index < -0.39 is 16.3 Å². The van der Waals surface area contributed by atoms with E-state index in [1.54, 1.807) is 4.72 Å². The van der Waals surface area contributed by atoms with Crippen molar-refractivity contribution in [3.63, 3.8) is 0 Å². The lowest BCUT2D eigenvalue weighted by atomic mass is 10.2.